The van der Waals surface area contributed by atoms with Crippen molar-refractivity contribution in [3.63, 3.8) is 0 Å². The van der Waals surface area contributed by atoms with Gasteiger partial charge in [0.1, 0.15) is 22.7 Å². The summed E-state index contributed by atoms with van der Waals surface area (Å²) < 4.78 is 26.4. The lowest BCUT2D eigenvalue weighted by atomic mass is 10.0. The molecule has 0 N–H and O–H groups in total. The zero-order valence-corrected chi connectivity index (χ0v) is 17.7. The third-order valence-electron chi connectivity index (χ3n) is 4.67. The number of fused-ring (bicyclic) bond motifs is 2. The fourth-order valence-electron chi connectivity index (χ4n) is 3.30. The van der Waals surface area contributed by atoms with Crippen LogP contribution in [0.3, 0.4) is 0 Å². The van der Waals surface area contributed by atoms with E-state index in [1.165, 1.54) is 19.2 Å². The van der Waals surface area contributed by atoms with Gasteiger partial charge in [-0.1, -0.05) is 0 Å². The van der Waals surface area contributed by atoms with Crippen LogP contribution in [0.15, 0.2) is 67.0 Å². The van der Waals surface area contributed by atoms with E-state index in [1.807, 2.05) is 0 Å². The van der Waals surface area contributed by atoms with Crippen LogP contribution in [-0.2, 0) is 9.53 Å². The molecule has 164 valence electrons. The predicted octanol–water partition coefficient (Wildman–Crippen LogP) is 3.91. The zero-order valence-electron chi connectivity index (χ0n) is 17.7. The number of rotatable bonds is 6. The monoisotopic (exact) mass is 436 g/mol. The van der Waals surface area contributed by atoms with E-state index in [0.29, 0.717) is 33.4 Å². The smallest absolute Gasteiger partial charge is 0.344 e. The van der Waals surface area contributed by atoms with E-state index in [1.54, 1.807) is 50.2 Å². The van der Waals surface area contributed by atoms with E-state index >= 15 is 0 Å². The van der Waals surface area contributed by atoms with Crippen LogP contribution in [0.5, 0.6) is 11.5 Å². The summed E-state index contributed by atoms with van der Waals surface area (Å²) in [5.74, 6) is 0.378. The van der Waals surface area contributed by atoms with Gasteiger partial charge in [-0.05, 0) is 44.2 Å². The molecule has 4 aromatic rings. The number of carbonyl (C=O) groups is 1. The predicted molar refractivity (Wildman–Crippen MR) is 117 cm³/mol. The first-order chi connectivity index (χ1) is 15.3. The molecule has 0 saturated heterocycles. The van der Waals surface area contributed by atoms with Crippen molar-refractivity contribution in [2.24, 2.45) is 0 Å². The Kier molecular flexibility index (Phi) is 5.68. The fraction of sp³-hybridized carbons (Fsp3) is 0.208. The maximum Gasteiger partial charge on any atom is 0.344 e. The van der Waals surface area contributed by atoms with Crippen LogP contribution in [0.25, 0.3) is 33.1 Å². The zero-order chi connectivity index (χ0) is 22.8. The van der Waals surface area contributed by atoms with Gasteiger partial charge in [0.25, 0.3) is 0 Å². The molecule has 0 fully saturated rings. The van der Waals surface area contributed by atoms with Crippen molar-refractivity contribution in [3.05, 3.63) is 69.4 Å². The molecule has 0 aliphatic heterocycles. The van der Waals surface area contributed by atoms with Gasteiger partial charge in [-0.3, -0.25) is 0 Å². The number of esters is 1. The molecular formula is C24H20O8. The van der Waals surface area contributed by atoms with Gasteiger partial charge in [0.15, 0.2) is 6.61 Å². The molecule has 2 aromatic carbocycles. The van der Waals surface area contributed by atoms with Gasteiger partial charge >= 0.3 is 17.2 Å². The Bertz CT molecular complexity index is 1430. The van der Waals surface area contributed by atoms with Gasteiger partial charge in [0, 0.05) is 34.5 Å². The SMILES string of the molecule is COc1ccc2c(-c3cc4ccc(OCC(=O)OC(C)C)cc4oc3=O)cc(=O)oc2c1. The number of ether oxygens (including phenoxy) is 3. The lowest BCUT2D eigenvalue weighted by Crippen LogP contribution is -2.18. The van der Waals surface area contributed by atoms with Gasteiger partial charge in [-0.2, -0.15) is 0 Å². The van der Waals surface area contributed by atoms with Crippen LogP contribution in [0.2, 0.25) is 0 Å². The van der Waals surface area contributed by atoms with E-state index in [4.69, 9.17) is 23.0 Å². The molecule has 0 radical (unpaired) electrons. The first-order valence-electron chi connectivity index (χ1n) is 9.86. The molecule has 8 nitrogen and oxygen atoms in total. The average molecular weight is 436 g/mol. The first kappa shape index (κ1) is 21.2. The topological polar surface area (TPSA) is 105 Å². The minimum atomic E-state index is -0.628. The molecule has 0 amide bonds. The van der Waals surface area contributed by atoms with E-state index in [9.17, 15) is 14.4 Å². The van der Waals surface area contributed by atoms with Crippen molar-refractivity contribution >= 4 is 27.9 Å². The highest BCUT2D eigenvalue weighted by Gasteiger charge is 2.15. The Labute approximate surface area is 181 Å². The quantitative estimate of drug-likeness (QED) is 0.331. The molecule has 0 unspecified atom stereocenters. The van der Waals surface area contributed by atoms with Crippen molar-refractivity contribution in [2.75, 3.05) is 13.7 Å². The Morgan fingerprint density at radius 2 is 1.66 bits per heavy atom. The number of methoxy groups -OCH3 is 1. The summed E-state index contributed by atoms with van der Waals surface area (Å²) in [6.45, 7) is 3.23. The largest absolute Gasteiger partial charge is 0.497 e. The third-order valence-corrected chi connectivity index (χ3v) is 4.67. The van der Waals surface area contributed by atoms with Crippen molar-refractivity contribution in [3.8, 4) is 22.6 Å². The Hall–Kier alpha value is -4.07. The number of carbonyl (C=O) groups excluding carboxylic acids is 1. The Morgan fingerprint density at radius 1 is 0.906 bits per heavy atom. The minimum absolute atomic E-state index is 0.217. The summed E-state index contributed by atoms with van der Waals surface area (Å²) in [5.41, 5.74) is -0.0410. The summed E-state index contributed by atoms with van der Waals surface area (Å²) in [7, 11) is 1.51. The number of hydrogen-bond donors (Lipinski definition) is 0. The van der Waals surface area contributed by atoms with Gasteiger partial charge in [-0.25, -0.2) is 14.4 Å². The van der Waals surface area contributed by atoms with E-state index < -0.39 is 17.2 Å². The molecule has 32 heavy (non-hydrogen) atoms. The van der Waals surface area contributed by atoms with E-state index in [-0.39, 0.29) is 23.9 Å². The van der Waals surface area contributed by atoms with Crippen LogP contribution in [0.1, 0.15) is 13.8 Å². The summed E-state index contributed by atoms with van der Waals surface area (Å²) in [4.78, 5) is 36.5. The van der Waals surface area contributed by atoms with Crippen LogP contribution < -0.4 is 20.7 Å². The molecule has 0 bridgehead atoms. The second-order valence-corrected chi connectivity index (χ2v) is 7.32. The second kappa shape index (κ2) is 8.58. The first-order valence-corrected chi connectivity index (χ1v) is 9.86. The van der Waals surface area contributed by atoms with Crippen LogP contribution >= 0.6 is 0 Å². The number of hydrogen-bond acceptors (Lipinski definition) is 8. The van der Waals surface area contributed by atoms with E-state index in [0.717, 1.165) is 0 Å². The summed E-state index contributed by atoms with van der Waals surface area (Å²) in [6, 6.07) is 12.8. The fourth-order valence-corrected chi connectivity index (χ4v) is 3.30. The van der Waals surface area contributed by atoms with E-state index in [2.05, 4.69) is 0 Å². The van der Waals surface area contributed by atoms with Crippen molar-refractivity contribution in [1.29, 1.82) is 0 Å². The standard InChI is InChI=1S/C24H20O8/c1-13(2)30-23(26)12-29-16-5-4-14-8-19(24(27)32-20(14)10-16)18-11-22(25)31-21-9-15(28-3)6-7-17(18)21/h4-11,13H,12H2,1-3H3. The normalized spacial score (nSPS) is 11.1. The van der Waals surface area contributed by atoms with Gasteiger partial charge in [-0.15, -0.1) is 0 Å². The van der Waals surface area contributed by atoms with Crippen LogP contribution in [0.4, 0.5) is 0 Å². The minimum Gasteiger partial charge on any atom is -0.497 e. The number of benzene rings is 2. The Balaban J connectivity index is 1.72. The lowest BCUT2D eigenvalue weighted by molar-refractivity contribution is -0.149. The maximum absolute atomic E-state index is 12.8. The molecule has 2 heterocycles. The van der Waals surface area contributed by atoms with Crippen molar-refractivity contribution < 1.29 is 27.8 Å². The average Bonchev–Trinajstić information content (AvgIpc) is 2.75. The second-order valence-electron chi connectivity index (χ2n) is 7.32. The lowest BCUT2D eigenvalue weighted by Gasteiger charge is -2.10. The van der Waals surface area contributed by atoms with Crippen molar-refractivity contribution in [1.82, 2.24) is 0 Å². The highest BCUT2D eigenvalue weighted by atomic mass is 16.6. The van der Waals surface area contributed by atoms with Gasteiger partial charge < -0.3 is 23.0 Å². The highest BCUT2D eigenvalue weighted by Crippen LogP contribution is 2.30. The Morgan fingerprint density at radius 3 is 2.41 bits per heavy atom. The summed E-state index contributed by atoms with van der Waals surface area (Å²) >= 11 is 0. The van der Waals surface area contributed by atoms with Gasteiger partial charge in [0.05, 0.1) is 18.8 Å². The molecule has 0 atom stereocenters. The molecule has 8 heteroatoms. The molecule has 0 aliphatic carbocycles. The molecular weight excluding hydrogens is 416 g/mol. The van der Waals surface area contributed by atoms with Crippen molar-refractivity contribution in [2.45, 2.75) is 20.0 Å². The van der Waals surface area contributed by atoms with Crippen LogP contribution in [0, 0.1) is 0 Å². The van der Waals surface area contributed by atoms with Gasteiger partial charge in [0.2, 0.25) is 0 Å². The maximum atomic E-state index is 12.8. The third kappa shape index (κ3) is 4.34. The summed E-state index contributed by atoms with van der Waals surface area (Å²) in [5, 5.41) is 1.19. The van der Waals surface area contributed by atoms with Crippen LogP contribution in [-0.4, -0.2) is 25.8 Å². The molecule has 0 spiro atoms. The highest BCUT2D eigenvalue weighted by molar-refractivity contribution is 5.95. The molecule has 2 aromatic heterocycles. The summed E-state index contributed by atoms with van der Waals surface area (Å²) in [6.07, 6.45) is -0.239. The molecule has 4 rings (SSSR count). The molecule has 0 saturated carbocycles. The molecule has 0 aliphatic rings.